The summed E-state index contributed by atoms with van der Waals surface area (Å²) in [6, 6.07) is 6.61. The summed E-state index contributed by atoms with van der Waals surface area (Å²) in [5.74, 6) is 0.273. The summed E-state index contributed by atoms with van der Waals surface area (Å²) in [5.41, 5.74) is 0.885. The molecule has 140 valence electrons. The van der Waals surface area contributed by atoms with E-state index in [1.165, 1.54) is 12.8 Å². The topological polar surface area (TPSA) is 78.5 Å². The van der Waals surface area contributed by atoms with Crippen LogP contribution in [0.4, 0.5) is 5.69 Å². The van der Waals surface area contributed by atoms with Gasteiger partial charge in [-0.3, -0.25) is 9.52 Å². The van der Waals surface area contributed by atoms with Gasteiger partial charge in [-0.1, -0.05) is 19.9 Å². The number of sulfonamides is 1. The van der Waals surface area contributed by atoms with Crippen LogP contribution in [0.2, 0.25) is 0 Å². The molecule has 2 N–H and O–H groups in total. The highest BCUT2D eigenvalue weighted by atomic mass is 32.2. The van der Waals surface area contributed by atoms with Crippen molar-refractivity contribution in [3.05, 3.63) is 29.8 Å². The first kappa shape index (κ1) is 19.7. The standard InChI is InChI=1S/C18H29N3O3S/c1-3-11-25(23,24)20-17-8-6-7-16(12-17)18(22)19-13-15(2)14-21-9-4-5-10-21/h6-8,12,15,20H,3-5,9-11,13-14H2,1-2H3,(H,19,22). The highest BCUT2D eigenvalue weighted by Gasteiger charge is 2.16. The van der Waals surface area contributed by atoms with Gasteiger partial charge in [-0.15, -0.1) is 0 Å². The minimum Gasteiger partial charge on any atom is -0.352 e. The zero-order valence-corrected chi connectivity index (χ0v) is 15.9. The van der Waals surface area contributed by atoms with E-state index < -0.39 is 10.0 Å². The molecule has 1 saturated heterocycles. The van der Waals surface area contributed by atoms with Gasteiger partial charge in [-0.2, -0.15) is 0 Å². The van der Waals surface area contributed by atoms with Crippen LogP contribution in [0.3, 0.4) is 0 Å². The molecule has 1 atom stereocenters. The van der Waals surface area contributed by atoms with Gasteiger partial charge in [-0.05, 0) is 56.5 Å². The van der Waals surface area contributed by atoms with Crippen LogP contribution >= 0.6 is 0 Å². The van der Waals surface area contributed by atoms with Crippen LogP contribution in [0.1, 0.15) is 43.5 Å². The van der Waals surface area contributed by atoms with Crippen molar-refractivity contribution in [2.45, 2.75) is 33.1 Å². The predicted octanol–water partition coefficient (Wildman–Crippen LogP) is 2.30. The molecule has 2 rings (SSSR count). The number of hydrogen-bond donors (Lipinski definition) is 2. The van der Waals surface area contributed by atoms with Crippen molar-refractivity contribution in [1.82, 2.24) is 10.2 Å². The maximum atomic E-state index is 12.3. The maximum absolute atomic E-state index is 12.3. The summed E-state index contributed by atoms with van der Waals surface area (Å²) in [5, 5.41) is 2.95. The van der Waals surface area contributed by atoms with Gasteiger partial charge in [0.2, 0.25) is 10.0 Å². The summed E-state index contributed by atoms with van der Waals surface area (Å²) in [4.78, 5) is 14.8. The highest BCUT2D eigenvalue weighted by molar-refractivity contribution is 7.92. The number of benzene rings is 1. The van der Waals surface area contributed by atoms with Gasteiger partial charge in [0, 0.05) is 24.3 Å². The van der Waals surface area contributed by atoms with Gasteiger partial charge >= 0.3 is 0 Å². The molecule has 1 aromatic carbocycles. The number of hydrogen-bond acceptors (Lipinski definition) is 4. The Morgan fingerprint density at radius 3 is 2.68 bits per heavy atom. The van der Waals surface area contributed by atoms with Gasteiger partial charge in [0.15, 0.2) is 0 Å². The molecule has 0 aliphatic carbocycles. The van der Waals surface area contributed by atoms with Crippen LogP contribution in [0.25, 0.3) is 0 Å². The third kappa shape index (κ3) is 6.66. The molecule has 7 heteroatoms. The Balaban J connectivity index is 1.87. The number of rotatable bonds is 9. The molecule has 1 aromatic rings. The van der Waals surface area contributed by atoms with E-state index in [2.05, 4.69) is 21.9 Å². The van der Waals surface area contributed by atoms with Crippen LogP contribution < -0.4 is 10.0 Å². The van der Waals surface area contributed by atoms with E-state index in [9.17, 15) is 13.2 Å². The summed E-state index contributed by atoms with van der Waals surface area (Å²) < 4.78 is 26.2. The van der Waals surface area contributed by atoms with Crippen LogP contribution in [0, 0.1) is 5.92 Å². The van der Waals surface area contributed by atoms with E-state index in [0.717, 1.165) is 19.6 Å². The van der Waals surface area contributed by atoms with E-state index in [1.807, 2.05) is 6.92 Å². The lowest BCUT2D eigenvalue weighted by Crippen LogP contribution is -2.34. The van der Waals surface area contributed by atoms with Crippen LogP contribution in [-0.2, 0) is 10.0 Å². The maximum Gasteiger partial charge on any atom is 0.251 e. The van der Waals surface area contributed by atoms with Gasteiger partial charge < -0.3 is 10.2 Å². The van der Waals surface area contributed by atoms with Gasteiger partial charge in [-0.25, -0.2) is 8.42 Å². The molecule has 1 heterocycles. The predicted molar refractivity (Wildman–Crippen MR) is 101 cm³/mol. The SMILES string of the molecule is CCCS(=O)(=O)Nc1cccc(C(=O)NCC(C)CN2CCCC2)c1. The Bertz CT molecular complexity index is 670. The fraction of sp³-hybridized carbons (Fsp3) is 0.611. The highest BCUT2D eigenvalue weighted by Crippen LogP contribution is 2.14. The molecular weight excluding hydrogens is 338 g/mol. The van der Waals surface area contributed by atoms with Crippen molar-refractivity contribution >= 4 is 21.6 Å². The van der Waals surface area contributed by atoms with E-state index in [4.69, 9.17) is 0 Å². The molecule has 1 aliphatic heterocycles. The fourth-order valence-corrected chi connectivity index (χ4v) is 4.19. The summed E-state index contributed by atoms with van der Waals surface area (Å²) >= 11 is 0. The smallest absolute Gasteiger partial charge is 0.251 e. The third-order valence-corrected chi connectivity index (χ3v) is 5.74. The normalized spacial score (nSPS) is 16.6. The Morgan fingerprint density at radius 2 is 2.00 bits per heavy atom. The number of likely N-dealkylation sites (tertiary alicyclic amines) is 1. The molecular formula is C18H29N3O3S. The quantitative estimate of drug-likeness (QED) is 0.702. The van der Waals surface area contributed by atoms with E-state index >= 15 is 0 Å². The zero-order chi connectivity index (χ0) is 18.3. The lowest BCUT2D eigenvalue weighted by Gasteiger charge is -2.20. The lowest BCUT2D eigenvalue weighted by atomic mass is 10.1. The van der Waals surface area contributed by atoms with Crippen LogP contribution in [0.15, 0.2) is 24.3 Å². The summed E-state index contributed by atoms with van der Waals surface area (Å²) in [6.45, 7) is 7.86. The third-order valence-electron chi connectivity index (χ3n) is 4.25. The molecule has 0 saturated carbocycles. The first-order valence-electron chi connectivity index (χ1n) is 9.00. The second kappa shape index (κ2) is 9.20. The van der Waals surface area contributed by atoms with Crippen LogP contribution in [-0.4, -0.2) is 51.2 Å². The van der Waals surface area contributed by atoms with Crippen LogP contribution in [0.5, 0.6) is 0 Å². The monoisotopic (exact) mass is 367 g/mol. The average Bonchev–Trinajstić information content (AvgIpc) is 3.05. The number of nitrogens with one attached hydrogen (secondary N) is 2. The lowest BCUT2D eigenvalue weighted by molar-refractivity contribution is 0.0945. The zero-order valence-electron chi connectivity index (χ0n) is 15.1. The largest absolute Gasteiger partial charge is 0.352 e. The average molecular weight is 368 g/mol. The number of nitrogens with zero attached hydrogens (tertiary/aromatic N) is 1. The summed E-state index contributed by atoms with van der Waals surface area (Å²) in [7, 11) is -3.35. The van der Waals surface area contributed by atoms with Crippen molar-refractivity contribution in [3.8, 4) is 0 Å². The van der Waals surface area contributed by atoms with E-state index in [-0.39, 0.29) is 11.7 Å². The first-order valence-corrected chi connectivity index (χ1v) is 10.7. The van der Waals surface area contributed by atoms with Gasteiger partial charge in [0.1, 0.15) is 0 Å². The van der Waals surface area contributed by atoms with Crippen molar-refractivity contribution in [3.63, 3.8) is 0 Å². The first-order chi connectivity index (χ1) is 11.9. The Morgan fingerprint density at radius 1 is 1.28 bits per heavy atom. The van der Waals surface area contributed by atoms with Gasteiger partial charge in [0.25, 0.3) is 5.91 Å². The molecule has 0 radical (unpaired) electrons. The minimum atomic E-state index is -3.35. The molecule has 1 aliphatic rings. The molecule has 1 unspecified atom stereocenters. The Hall–Kier alpha value is -1.60. The second-order valence-electron chi connectivity index (χ2n) is 6.82. The van der Waals surface area contributed by atoms with Crippen molar-refractivity contribution < 1.29 is 13.2 Å². The molecule has 0 aromatic heterocycles. The number of carbonyl (C=O) groups is 1. The molecule has 1 amide bonds. The molecule has 0 bridgehead atoms. The van der Waals surface area contributed by atoms with Crippen molar-refractivity contribution in [2.24, 2.45) is 5.92 Å². The number of anilines is 1. The second-order valence-corrected chi connectivity index (χ2v) is 8.67. The number of amides is 1. The molecule has 6 nitrogen and oxygen atoms in total. The fourth-order valence-electron chi connectivity index (χ4n) is 3.06. The minimum absolute atomic E-state index is 0.0669. The van der Waals surface area contributed by atoms with E-state index in [0.29, 0.717) is 30.1 Å². The Labute approximate surface area is 151 Å². The van der Waals surface area contributed by atoms with E-state index in [1.54, 1.807) is 24.3 Å². The van der Waals surface area contributed by atoms with Gasteiger partial charge in [0.05, 0.1) is 5.75 Å². The number of carbonyl (C=O) groups excluding carboxylic acids is 1. The van der Waals surface area contributed by atoms with Crippen molar-refractivity contribution in [1.29, 1.82) is 0 Å². The summed E-state index contributed by atoms with van der Waals surface area (Å²) in [6.07, 6.45) is 3.07. The molecule has 1 fully saturated rings. The molecule has 0 spiro atoms. The van der Waals surface area contributed by atoms with Crippen molar-refractivity contribution in [2.75, 3.05) is 36.7 Å². The molecule has 25 heavy (non-hydrogen) atoms. The Kier molecular flexibility index (Phi) is 7.25.